The third-order valence-electron chi connectivity index (χ3n) is 3.49. The van der Waals surface area contributed by atoms with E-state index in [4.69, 9.17) is 23.2 Å². The van der Waals surface area contributed by atoms with Crippen molar-refractivity contribution in [3.05, 3.63) is 33.8 Å². The van der Waals surface area contributed by atoms with Crippen LogP contribution in [-0.4, -0.2) is 25.2 Å². The van der Waals surface area contributed by atoms with Crippen LogP contribution in [0.2, 0.25) is 10.0 Å². The molecule has 22 heavy (non-hydrogen) atoms. The van der Waals surface area contributed by atoms with Crippen molar-refractivity contribution in [3.8, 4) is 0 Å². The number of unbranched alkanes of at least 4 members (excludes halogenated alkanes) is 2. The SMILES string of the molecule is CC(C)S(=O)(=O)CCCCCC(=O)Cc1ccc(Cl)c(Cl)c1. The molecule has 0 aliphatic heterocycles. The minimum atomic E-state index is -2.97. The standard InChI is InChI=1S/C16H22Cl2O3S/c1-12(2)22(20,21)9-5-3-4-6-14(19)10-13-7-8-15(17)16(18)11-13/h7-8,11-12H,3-6,9-10H2,1-2H3. The molecule has 0 heterocycles. The number of hydrogen-bond donors (Lipinski definition) is 0. The highest BCUT2D eigenvalue weighted by Crippen LogP contribution is 2.23. The Morgan fingerprint density at radius 1 is 1.09 bits per heavy atom. The fraction of sp³-hybridized carbons (Fsp3) is 0.562. The van der Waals surface area contributed by atoms with Gasteiger partial charge in [0.1, 0.15) is 5.78 Å². The summed E-state index contributed by atoms with van der Waals surface area (Å²) in [5, 5.41) is 0.596. The minimum absolute atomic E-state index is 0.130. The minimum Gasteiger partial charge on any atom is -0.299 e. The lowest BCUT2D eigenvalue weighted by molar-refractivity contribution is -0.118. The van der Waals surface area contributed by atoms with Crippen LogP contribution in [0.1, 0.15) is 45.1 Å². The third kappa shape index (κ3) is 6.67. The van der Waals surface area contributed by atoms with Crippen molar-refractivity contribution in [1.29, 1.82) is 0 Å². The van der Waals surface area contributed by atoms with Gasteiger partial charge >= 0.3 is 0 Å². The molecule has 3 nitrogen and oxygen atoms in total. The molecule has 0 unspecified atom stereocenters. The zero-order valence-corrected chi connectivity index (χ0v) is 15.3. The van der Waals surface area contributed by atoms with Crippen molar-refractivity contribution in [2.75, 3.05) is 5.75 Å². The molecule has 0 saturated carbocycles. The summed E-state index contributed by atoms with van der Waals surface area (Å²) in [7, 11) is -2.97. The smallest absolute Gasteiger partial charge is 0.152 e. The summed E-state index contributed by atoms with van der Waals surface area (Å²) in [5.41, 5.74) is 0.849. The van der Waals surface area contributed by atoms with Crippen LogP contribution in [0.15, 0.2) is 18.2 Å². The molecule has 0 aliphatic carbocycles. The Morgan fingerprint density at radius 2 is 1.77 bits per heavy atom. The molecule has 0 spiro atoms. The van der Waals surface area contributed by atoms with E-state index in [0.717, 1.165) is 12.0 Å². The number of sulfone groups is 1. The maximum absolute atomic E-state index is 11.9. The molecule has 1 aromatic carbocycles. The maximum Gasteiger partial charge on any atom is 0.152 e. The van der Waals surface area contributed by atoms with E-state index in [1.165, 1.54) is 0 Å². The van der Waals surface area contributed by atoms with E-state index < -0.39 is 9.84 Å². The van der Waals surface area contributed by atoms with Crippen LogP contribution in [0.5, 0.6) is 0 Å². The van der Waals surface area contributed by atoms with Gasteiger partial charge in [-0.05, 0) is 44.4 Å². The lowest BCUT2D eigenvalue weighted by Gasteiger charge is -2.07. The Hall–Kier alpha value is -0.580. The van der Waals surface area contributed by atoms with Crippen molar-refractivity contribution < 1.29 is 13.2 Å². The topological polar surface area (TPSA) is 51.2 Å². The normalized spacial score (nSPS) is 11.9. The van der Waals surface area contributed by atoms with Crippen molar-refractivity contribution in [3.63, 3.8) is 0 Å². The number of Topliss-reactive ketones (excluding diaryl/α,β-unsaturated/α-hetero) is 1. The number of ketones is 1. The lowest BCUT2D eigenvalue weighted by Crippen LogP contribution is -2.17. The first-order chi connectivity index (χ1) is 10.2. The average Bonchev–Trinajstić information content (AvgIpc) is 2.42. The van der Waals surface area contributed by atoms with Gasteiger partial charge in [-0.25, -0.2) is 8.42 Å². The van der Waals surface area contributed by atoms with Gasteiger partial charge in [0.2, 0.25) is 0 Å². The van der Waals surface area contributed by atoms with Gasteiger partial charge in [-0.1, -0.05) is 35.7 Å². The number of rotatable bonds is 9. The molecule has 0 amide bonds. The first-order valence-electron chi connectivity index (χ1n) is 7.39. The Morgan fingerprint density at radius 3 is 2.36 bits per heavy atom. The van der Waals surface area contributed by atoms with Crippen molar-refractivity contribution >= 4 is 38.8 Å². The Balaban J connectivity index is 2.28. The molecule has 0 bridgehead atoms. The van der Waals surface area contributed by atoms with Crippen LogP contribution in [0.25, 0.3) is 0 Å². The molecule has 1 aromatic rings. The maximum atomic E-state index is 11.9. The van der Waals surface area contributed by atoms with E-state index in [9.17, 15) is 13.2 Å². The van der Waals surface area contributed by atoms with Crippen molar-refractivity contribution in [2.45, 2.75) is 51.2 Å². The van der Waals surface area contributed by atoms with Gasteiger partial charge < -0.3 is 0 Å². The molecule has 0 N–H and O–H groups in total. The van der Waals surface area contributed by atoms with Gasteiger partial charge in [0, 0.05) is 12.8 Å². The highest BCUT2D eigenvalue weighted by Gasteiger charge is 2.15. The molecular weight excluding hydrogens is 343 g/mol. The molecule has 6 heteroatoms. The Labute approximate surface area is 142 Å². The molecule has 1 rings (SSSR count). The second-order valence-corrected chi connectivity index (χ2v) is 9.18. The van der Waals surface area contributed by atoms with E-state index in [-0.39, 0.29) is 16.8 Å². The highest BCUT2D eigenvalue weighted by atomic mass is 35.5. The monoisotopic (exact) mass is 364 g/mol. The van der Waals surface area contributed by atoms with E-state index in [1.807, 2.05) is 0 Å². The first kappa shape index (κ1) is 19.5. The van der Waals surface area contributed by atoms with E-state index in [1.54, 1.807) is 32.0 Å². The predicted molar refractivity (Wildman–Crippen MR) is 92.6 cm³/mol. The number of carbonyl (C=O) groups excluding carboxylic acids is 1. The van der Waals surface area contributed by atoms with Crippen LogP contribution in [0, 0.1) is 0 Å². The van der Waals surface area contributed by atoms with Crippen molar-refractivity contribution in [1.82, 2.24) is 0 Å². The van der Waals surface area contributed by atoms with Crippen molar-refractivity contribution in [2.24, 2.45) is 0 Å². The van der Waals surface area contributed by atoms with Gasteiger partial charge in [-0.2, -0.15) is 0 Å². The zero-order valence-electron chi connectivity index (χ0n) is 12.9. The predicted octanol–water partition coefficient (Wildman–Crippen LogP) is 4.49. The summed E-state index contributed by atoms with van der Waals surface area (Å²) < 4.78 is 23.3. The fourth-order valence-electron chi connectivity index (χ4n) is 2.00. The van der Waals surface area contributed by atoms with Gasteiger partial charge in [0.05, 0.1) is 21.0 Å². The second-order valence-electron chi connectivity index (χ2n) is 5.69. The summed E-state index contributed by atoms with van der Waals surface area (Å²) in [6.07, 6.45) is 2.87. The van der Waals surface area contributed by atoms with Gasteiger partial charge in [0.15, 0.2) is 9.84 Å². The molecule has 0 fully saturated rings. The Kier molecular flexibility index (Phi) is 7.87. The molecule has 0 saturated heterocycles. The molecule has 0 aromatic heterocycles. The van der Waals surface area contributed by atoms with E-state index in [0.29, 0.717) is 35.7 Å². The number of carbonyl (C=O) groups is 1. The van der Waals surface area contributed by atoms with Gasteiger partial charge in [-0.3, -0.25) is 4.79 Å². The summed E-state index contributed by atoms with van der Waals surface area (Å²) in [5.74, 6) is 0.330. The molecule has 0 aliphatic rings. The molecular formula is C16H22Cl2O3S. The van der Waals surface area contributed by atoms with E-state index in [2.05, 4.69) is 0 Å². The van der Waals surface area contributed by atoms with Crippen LogP contribution in [0.4, 0.5) is 0 Å². The Bertz CT molecular complexity index is 610. The molecule has 0 radical (unpaired) electrons. The number of hydrogen-bond acceptors (Lipinski definition) is 3. The summed E-state index contributed by atoms with van der Waals surface area (Å²) in [6, 6.07) is 5.18. The molecule has 124 valence electrons. The lowest BCUT2D eigenvalue weighted by atomic mass is 10.0. The summed E-state index contributed by atoms with van der Waals surface area (Å²) in [4.78, 5) is 11.9. The largest absolute Gasteiger partial charge is 0.299 e. The van der Waals surface area contributed by atoms with E-state index >= 15 is 0 Å². The zero-order chi connectivity index (χ0) is 16.8. The van der Waals surface area contributed by atoms with Crippen LogP contribution in [-0.2, 0) is 21.1 Å². The first-order valence-corrected chi connectivity index (χ1v) is 9.86. The number of benzene rings is 1. The van der Waals surface area contributed by atoms with Crippen LogP contribution < -0.4 is 0 Å². The number of halogens is 2. The van der Waals surface area contributed by atoms with Crippen LogP contribution in [0.3, 0.4) is 0 Å². The van der Waals surface area contributed by atoms with Gasteiger partial charge in [-0.15, -0.1) is 0 Å². The summed E-state index contributed by atoms with van der Waals surface area (Å²) >= 11 is 11.7. The molecule has 0 atom stereocenters. The fourth-order valence-corrected chi connectivity index (χ4v) is 3.40. The van der Waals surface area contributed by atoms with Crippen LogP contribution >= 0.6 is 23.2 Å². The summed E-state index contributed by atoms with van der Waals surface area (Å²) in [6.45, 7) is 3.38. The highest BCUT2D eigenvalue weighted by molar-refractivity contribution is 7.91. The van der Waals surface area contributed by atoms with Gasteiger partial charge in [0.25, 0.3) is 0 Å². The average molecular weight is 365 g/mol. The second kappa shape index (κ2) is 8.90. The third-order valence-corrected chi connectivity index (χ3v) is 6.52. The quantitative estimate of drug-likeness (QED) is 0.606.